The van der Waals surface area contributed by atoms with Crippen molar-refractivity contribution in [1.82, 2.24) is 19.7 Å². The molecule has 0 fully saturated rings. The van der Waals surface area contributed by atoms with Crippen LogP contribution in [0.15, 0.2) is 41.1 Å². The van der Waals surface area contributed by atoms with Gasteiger partial charge in [0.25, 0.3) is 5.91 Å². The summed E-state index contributed by atoms with van der Waals surface area (Å²) in [5.41, 5.74) is 3.15. The van der Waals surface area contributed by atoms with Gasteiger partial charge in [0, 0.05) is 38.6 Å². The molecule has 4 aromatic heterocycles. The number of pyridine rings is 2. The fraction of sp³-hybridized carbons (Fsp3) is 0.304. The lowest BCUT2D eigenvalue weighted by atomic mass is 10.1. The summed E-state index contributed by atoms with van der Waals surface area (Å²) in [6, 6.07) is 7.89. The summed E-state index contributed by atoms with van der Waals surface area (Å²) in [6.45, 7) is 10.7. The molecule has 0 radical (unpaired) electrons. The summed E-state index contributed by atoms with van der Waals surface area (Å²) in [4.78, 5) is 27.2. The van der Waals surface area contributed by atoms with Crippen molar-refractivity contribution in [2.24, 2.45) is 0 Å². The van der Waals surface area contributed by atoms with E-state index in [1.807, 2.05) is 29.8 Å². The highest BCUT2D eigenvalue weighted by atomic mass is 79.9. The van der Waals surface area contributed by atoms with Gasteiger partial charge in [-0.2, -0.15) is 5.10 Å². The van der Waals surface area contributed by atoms with Crippen molar-refractivity contribution < 1.29 is 4.79 Å². The average molecular weight is 498 g/mol. The van der Waals surface area contributed by atoms with Crippen molar-refractivity contribution >= 4 is 50.0 Å². The Balaban J connectivity index is 1.92. The third-order valence-corrected chi connectivity index (χ3v) is 6.59. The maximum atomic E-state index is 13.7. The first-order valence-corrected chi connectivity index (χ1v) is 11.8. The largest absolute Gasteiger partial charge is 0.293 e. The highest BCUT2D eigenvalue weighted by molar-refractivity contribution is 9.10. The van der Waals surface area contributed by atoms with Crippen LogP contribution in [0.3, 0.4) is 0 Å². The van der Waals surface area contributed by atoms with Crippen LogP contribution in [0.1, 0.15) is 46.9 Å². The second-order valence-electron chi connectivity index (χ2n) is 7.69. The normalized spacial score (nSPS) is 11.5. The minimum Gasteiger partial charge on any atom is -0.293 e. The van der Waals surface area contributed by atoms with Gasteiger partial charge in [0.05, 0.1) is 22.8 Å². The molecule has 6 nitrogen and oxygen atoms in total. The van der Waals surface area contributed by atoms with Crippen molar-refractivity contribution in [2.45, 2.75) is 40.7 Å². The standard InChI is InChI=1S/C23H24BrN5OS/c1-6-28(21-8-7-16(24)11-25-21)23(30)18-10-20(17-9-14(4)31-15(17)5)27-22-19(18)12-26-29(22)13(2)3/h7-13H,6H2,1-5H3. The fourth-order valence-electron chi connectivity index (χ4n) is 3.68. The Morgan fingerprint density at radius 3 is 2.58 bits per heavy atom. The number of nitrogens with zero attached hydrogens (tertiary/aromatic N) is 5. The molecule has 1 amide bonds. The van der Waals surface area contributed by atoms with Crippen molar-refractivity contribution in [3.8, 4) is 11.3 Å². The van der Waals surface area contributed by atoms with Gasteiger partial charge in [0.2, 0.25) is 0 Å². The average Bonchev–Trinajstić information content (AvgIpc) is 3.31. The Morgan fingerprint density at radius 1 is 1.23 bits per heavy atom. The van der Waals surface area contributed by atoms with Gasteiger partial charge >= 0.3 is 0 Å². The van der Waals surface area contributed by atoms with Crippen LogP contribution >= 0.6 is 27.3 Å². The van der Waals surface area contributed by atoms with Crippen molar-refractivity contribution in [3.63, 3.8) is 0 Å². The van der Waals surface area contributed by atoms with Crippen molar-refractivity contribution in [1.29, 1.82) is 0 Å². The molecule has 0 spiro atoms. The van der Waals surface area contributed by atoms with Crippen LogP contribution in [0, 0.1) is 13.8 Å². The molecule has 31 heavy (non-hydrogen) atoms. The third-order valence-electron chi connectivity index (χ3n) is 5.15. The van der Waals surface area contributed by atoms with Gasteiger partial charge in [-0.05, 0) is 74.8 Å². The van der Waals surface area contributed by atoms with Crippen LogP contribution in [0.2, 0.25) is 0 Å². The van der Waals surface area contributed by atoms with Crippen LogP contribution in [-0.4, -0.2) is 32.2 Å². The van der Waals surface area contributed by atoms with E-state index in [0.29, 0.717) is 17.9 Å². The summed E-state index contributed by atoms with van der Waals surface area (Å²) in [5.74, 6) is 0.500. The molecule has 0 unspecified atom stereocenters. The number of thiophene rings is 1. The van der Waals surface area contributed by atoms with Crippen LogP contribution in [-0.2, 0) is 0 Å². The van der Waals surface area contributed by atoms with E-state index in [-0.39, 0.29) is 11.9 Å². The quantitative estimate of drug-likeness (QED) is 0.330. The van der Waals surface area contributed by atoms with E-state index in [2.05, 4.69) is 59.8 Å². The minimum atomic E-state index is -0.112. The number of fused-ring (bicyclic) bond motifs is 1. The number of aromatic nitrogens is 4. The predicted molar refractivity (Wildman–Crippen MR) is 130 cm³/mol. The Bertz CT molecular complexity index is 1260. The van der Waals surface area contributed by atoms with E-state index < -0.39 is 0 Å². The second kappa shape index (κ2) is 8.51. The summed E-state index contributed by atoms with van der Waals surface area (Å²) < 4.78 is 2.74. The molecule has 0 N–H and O–H groups in total. The zero-order valence-electron chi connectivity index (χ0n) is 18.2. The summed E-state index contributed by atoms with van der Waals surface area (Å²) in [7, 11) is 0. The third kappa shape index (κ3) is 4.02. The number of rotatable bonds is 5. The second-order valence-corrected chi connectivity index (χ2v) is 10.1. The Hall–Kier alpha value is -2.58. The first kappa shape index (κ1) is 21.6. The molecular formula is C23H24BrN5OS. The van der Waals surface area contributed by atoms with E-state index in [4.69, 9.17) is 4.98 Å². The number of hydrogen-bond donors (Lipinski definition) is 0. The molecule has 0 saturated carbocycles. The minimum absolute atomic E-state index is 0.112. The van der Waals surface area contributed by atoms with Gasteiger partial charge in [0.1, 0.15) is 5.82 Å². The summed E-state index contributed by atoms with van der Waals surface area (Å²) in [6.07, 6.45) is 3.45. The number of amides is 1. The van der Waals surface area contributed by atoms with E-state index in [1.54, 1.807) is 28.6 Å². The number of hydrogen-bond acceptors (Lipinski definition) is 5. The monoisotopic (exact) mass is 497 g/mol. The number of halogens is 1. The molecule has 4 heterocycles. The van der Waals surface area contributed by atoms with Gasteiger partial charge < -0.3 is 0 Å². The van der Waals surface area contributed by atoms with E-state index >= 15 is 0 Å². The number of carbonyl (C=O) groups excluding carboxylic acids is 1. The molecule has 0 aliphatic carbocycles. The molecule has 0 aliphatic heterocycles. The summed E-state index contributed by atoms with van der Waals surface area (Å²) >= 11 is 5.14. The lowest BCUT2D eigenvalue weighted by molar-refractivity contribution is 0.0989. The van der Waals surface area contributed by atoms with E-state index in [0.717, 1.165) is 26.8 Å². The van der Waals surface area contributed by atoms with Crippen LogP contribution < -0.4 is 4.90 Å². The highest BCUT2D eigenvalue weighted by Gasteiger charge is 2.24. The Morgan fingerprint density at radius 2 is 2.00 bits per heavy atom. The zero-order valence-corrected chi connectivity index (χ0v) is 20.6. The lowest BCUT2D eigenvalue weighted by Gasteiger charge is -2.21. The first-order valence-electron chi connectivity index (χ1n) is 10.2. The Labute approximate surface area is 194 Å². The molecule has 0 bridgehead atoms. The first-order chi connectivity index (χ1) is 14.8. The van der Waals surface area contributed by atoms with Gasteiger partial charge in [0.15, 0.2) is 5.65 Å². The smallest absolute Gasteiger partial charge is 0.260 e. The molecular weight excluding hydrogens is 474 g/mol. The van der Waals surface area contributed by atoms with E-state index in [9.17, 15) is 4.79 Å². The molecule has 0 aromatic carbocycles. The molecule has 0 aliphatic rings. The lowest BCUT2D eigenvalue weighted by Crippen LogP contribution is -2.31. The number of anilines is 1. The maximum Gasteiger partial charge on any atom is 0.260 e. The van der Waals surface area contributed by atoms with Crippen LogP contribution in [0.4, 0.5) is 5.82 Å². The predicted octanol–water partition coefficient (Wildman–Crippen LogP) is 6.18. The highest BCUT2D eigenvalue weighted by Crippen LogP contribution is 2.33. The van der Waals surface area contributed by atoms with Gasteiger partial charge in [-0.25, -0.2) is 14.6 Å². The number of carbonyl (C=O) groups is 1. The van der Waals surface area contributed by atoms with E-state index in [1.165, 1.54) is 9.75 Å². The molecule has 160 valence electrons. The van der Waals surface area contributed by atoms with Crippen LogP contribution in [0.25, 0.3) is 22.3 Å². The molecule has 4 rings (SSSR count). The fourth-order valence-corrected chi connectivity index (χ4v) is 4.85. The Kier molecular flexibility index (Phi) is 5.94. The topological polar surface area (TPSA) is 63.9 Å². The molecule has 8 heteroatoms. The van der Waals surface area contributed by atoms with Gasteiger partial charge in [-0.1, -0.05) is 0 Å². The van der Waals surface area contributed by atoms with Gasteiger partial charge in [-0.15, -0.1) is 11.3 Å². The SMILES string of the molecule is CCN(C(=O)c1cc(-c2cc(C)sc2C)nc2c1cnn2C(C)C)c1ccc(Br)cn1. The maximum absolute atomic E-state index is 13.7. The van der Waals surface area contributed by atoms with Crippen LogP contribution in [0.5, 0.6) is 0 Å². The number of aryl methyl sites for hydroxylation is 2. The van der Waals surface area contributed by atoms with Crippen molar-refractivity contribution in [2.75, 3.05) is 11.4 Å². The molecule has 0 saturated heterocycles. The van der Waals surface area contributed by atoms with Crippen molar-refractivity contribution in [3.05, 3.63) is 56.4 Å². The molecule has 4 aromatic rings. The molecule has 0 atom stereocenters. The summed E-state index contributed by atoms with van der Waals surface area (Å²) in [5, 5.41) is 5.29. The van der Waals surface area contributed by atoms with Gasteiger partial charge in [-0.3, -0.25) is 9.69 Å². The zero-order chi connectivity index (χ0) is 22.3.